The van der Waals surface area contributed by atoms with E-state index in [1.54, 1.807) is 6.92 Å². The molecule has 0 saturated carbocycles. The van der Waals surface area contributed by atoms with Crippen LogP contribution in [-0.2, 0) is 9.53 Å². The molecule has 0 rings (SSSR count). The maximum Gasteiger partial charge on any atom is 0.330 e. The standard InChI is InChI=1S/C7H12O4/c1-2-3-7(10)11-6(4-8)5-9/h2-3,6,8-9H,4-5H2,1H3/b3-2-. The van der Waals surface area contributed by atoms with Crippen LogP contribution >= 0.6 is 0 Å². The average molecular weight is 160 g/mol. The van der Waals surface area contributed by atoms with Crippen LogP contribution in [0.1, 0.15) is 6.92 Å². The highest BCUT2D eigenvalue weighted by molar-refractivity contribution is 5.81. The van der Waals surface area contributed by atoms with Crippen molar-refractivity contribution in [2.24, 2.45) is 0 Å². The molecule has 0 heterocycles. The molecule has 0 atom stereocenters. The number of rotatable bonds is 4. The highest BCUT2D eigenvalue weighted by Gasteiger charge is 2.08. The molecule has 0 unspecified atom stereocenters. The van der Waals surface area contributed by atoms with E-state index in [0.29, 0.717) is 0 Å². The molecule has 0 fully saturated rings. The van der Waals surface area contributed by atoms with Gasteiger partial charge in [0, 0.05) is 6.08 Å². The average Bonchev–Trinajstić information content (AvgIpc) is 2.01. The van der Waals surface area contributed by atoms with Crippen molar-refractivity contribution in [2.45, 2.75) is 13.0 Å². The van der Waals surface area contributed by atoms with Crippen molar-refractivity contribution < 1.29 is 19.7 Å². The Hall–Kier alpha value is -0.870. The molecule has 0 aromatic heterocycles. The summed E-state index contributed by atoms with van der Waals surface area (Å²) in [6.07, 6.45) is 1.94. The fourth-order valence-corrected chi connectivity index (χ4v) is 0.472. The summed E-state index contributed by atoms with van der Waals surface area (Å²) in [7, 11) is 0. The second-order valence-corrected chi connectivity index (χ2v) is 1.92. The van der Waals surface area contributed by atoms with Gasteiger partial charge in [-0.3, -0.25) is 0 Å². The molecule has 0 radical (unpaired) electrons. The minimum Gasteiger partial charge on any atom is -0.454 e. The number of aliphatic hydroxyl groups excluding tert-OH is 2. The van der Waals surface area contributed by atoms with Gasteiger partial charge >= 0.3 is 5.97 Å². The quantitative estimate of drug-likeness (QED) is 0.428. The summed E-state index contributed by atoms with van der Waals surface area (Å²) in [5.41, 5.74) is 0. The number of hydrogen-bond acceptors (Lipinski definition) is 4. The molecule has 4 nitrogen and oxygen atoms in total. The molecule has 0 aliphatic rings. The SMILES string of the molecule is C/C=C\C(=O)OC(CO)CO. The van der Waals surface area contributed by atoms with Crippen molar-refractivity contribution in [3.8, 4) is 0 Å². The maximum absolute atomic E-state index is 10.6. The van der Waals surface area contributed by atoms with Gasteiger partial charge in [0.05, 0.1) is 13.2 Å². The number of hydrogen-bond donors (Lipinski definition) is 2. The number of esters is 1. The van der Waals surface area contributed by atoms with Crippen LogP contribution in [-0.4, -0.2) is 35.5 Å². The lowest BCUT2D eigenvalue weighted by molar-refractivity contribution is -0.147. The predicted octanol–water partition coefficient (Wildman–Crippen LogP) is -0.541. The Morgan fingerprint density at radius 1 is 1.55 bits per heavy atom. The number of carbonyl (C=O) groups excluding carboxylic acids is 1. The molecular weight excluding hydrogens is 148 g/mol. The van der Waals surface area contributed by atoms with Crippen molar-refractivity contribution >= 4 is 5.97 Å². The second kappa shape index (κ2) is 5.88. The van der Waals surface area contributed by atoms with Crippen LogP contribution in [0.5, 0.6) is 0 Å². The Morgan fingerprint density at radius 2 is 2.09 bits per heavy atom. The third-order valence-electron chi connectivity index (χ3n) is 0.993. The lowest BCUT2D eigenvalue weighted by atomic mass is 10.4. The zero-order chi connectivity index (χ0) is 8.69. The fraction of sp³-hybridized carbons (Fsp3) is 0.571. The third-order valence-corrected chi connectivity index (χ3v) is 0.993. The van der Waals surface area contributed by atoms with Gasteiger partial charge in [0.25, 0.3) is 0 Å². The van der Waals surface area contributed by atoms with E-state index in [1.165, 1.54) is 12.2 Å². The molecule has 64 valence electrons. The van der Waals surface area contributed by atoms with Crippen LogP contribution in [0.2, 0.25) is 0 Å². The molecule has 2 N–H and O–H groups in total. The van der Waals surface area contributed by atoms with Crippen molar-refractivity contribution in [3.63, 3.8) is 0 Å². The van der Waals surface area contributed by atoms with E-state index >= 15 is 0 Å². The third kappa shape index (κ3) is 4.52. The van der Waals surface area contributed by atoms with Crippen LogP contribution in [0, 0.1) is 0 Å². The normalized spacial score (nSPS) is 10.9. The van der Waals surface area contributed by atoms with E-state index in [1.807, 2.05) is 0 Å². The maximum atomic E-state index is 10.6. The summed E-state index contributed by atoms with van der Waals surface area (Å²) in [4.78, 5) is 10.6. The van der Waals surface area contributed by atoms with Gasteiger partial charge in [-0.05, 0) is 6.92 Å². The van der Waals surface area contributed by atoms with Crippen molar-refractivity contribution in [3.05, 3.63) is 12.2 Å². The molecular formula is C7H12O4. The Kier molecular flexibility index (Phi) is 5.42. The first-order valence-corrected chi connectivity index (χ1v) is 3.29. The highest BCUT2D eigenvalue weighted by Crippen LogP contribution is 1.91. The molecule has 0 amide bonds. The molecule has 0 aromatic rings. The van der Waals surface area contributed by atoms with Crippen LogP contribution in [0.4, 0.5) is 0 Å². The van der Waals surface area contributed by atoms with Gasteiger partial charge < -0.3 is 14.9 Å². The molecule has 0 aliphatic carbocycles. The van der Waals surface area contributed by atoms with Gasteiger partial charge in [0.2, 0.25) is 0 Å². The highest BCUT2D eigenvalue weighted by atomic mass is 16.6. The Balaban J connectivity index is 3.71. The van der Waals surface area contributed by atoms with Gasteiger partial charge in [-0.25, -0.2) is 4.79 Å². The molecule has 0 bridgehead atoms. The summed E-state index contributed by atoms with van der Waals surface area (Å²) in [5, 5.41) is 17.0. The molecule has 0 aromatic carbocycles. The zero-order valence-electron chi connectivity index (χ0n) is 6.36. The largest absolute Gasteiger partial charge is 0.454 e. The van der Waals surface area contributed by atoms with Gasteiger partial charge in [0.1, 0.15) is 6.10 Å². The lowest BCUT2D eigenvalue weighted by Gasteiger charge is -2.09. The van der Waals surface area contributed by atoms with E-state index in [0.717, 1.165) is 0 Å². The topological polar surface area (TPSA) is 66.8 Å². The monoisotopic (exact) mass is 160 g/mol. The summed E-state index contributed by atoms with van der Waals surface area (Å²) in [6.45, 7) is 0.952. The predicted molar refractivity (Wildman–Crippen MR) is 38.9 cm³/mol. The van der Waals surface area contributed by atoms with Crippen LogP contribution in [0.15, 0.2) is 12.2 Å². The van der Waals surface area contributed by atoms with E-state index < -0.39 is 12.1 Å². The fourth-order valence-electron chi connectivity index (χ4n) is 0.472. The summed E-state index contributed by atoms with van der Waals surface area (Å²) >= 11 is 0. The number of ether oxygens (including phenoxy) is 1. The first-order valence-electron chi connectivity index (χ1n) is 3.29. The second-order valence-electron chi connectivity index (χ2n) is 1.92. The van der Waals surface area contributed by atoms with Crippen molar-refractivity contribution in [1.82, 2.24) is 0 Å². The zero-order valence-corrected chi connectivity index (χ0v) is 6.36. The Morgan fingerprint density at radius 3 is 2.45 bits per heavy atom. The Bertz CT molecular complexity index is 137. The first-order chi connectivity index (χ1) is 5.24. The Labute approximate surface area is 65.1 Å². The molecule has 0 aliphatic heterocycles. The van der Waals surface area contributed by atoms with E-state index in [4.69, 9.17) is 10.2 Å². The first kappa shape index (κ1) is 10.1. The summed E-state index contributed by atoms with van der Waals surface area (Å²) < 4.78 is 4.56. The van der Waals surface area contributed by atoms with Crippen LogP contribution in [0.3, 0.4) is 0 Å². The summed E-state index contributed by atoms with van der Waals surface area (Å²) in [5.74, 6) is -0.555. The molecule has 0 saturated heterocycles. The minimum atomic E-state index is -0.807. The molecule has 4 heteroatoms. The number of carbonyl (C=O) groups is 1. The van der Waals surface area contributed by atoms with E-state index in [-0.39, 0.29) is 13.2 Å². The number of aliphatic hydroxyl groups is 2. The van der Waals surface area contributed by atoms with Crippen LogP contribution < -0.4 is 0 Å². The van der Waals surface area contributed by atoms with Crippen molar-refractivity contribution in [1.29, 1.82) is 0 Å². The minimum absolute atomic E-state index is 0.361. The van der Waals surface area contributed by atoms with Crippen molar-refractivity contribution in [2.75, 3.05) is 13.2 Å². The van der Waals surface area contributed by atoms with Gasteiger partial charge in [-0.1, -0.05) is 6.08 Å². The van der Waals surface area contributed by atoms with E-state index in [2.05, 4.69) is 4.74 Å². The lowest BCUT2D eigenvalue weighted by Crippen LogP contribution is -2.24. The van der Waals surface area contributed by atoms with Gasteiger partial charge in [-0.15, -0.1) is 0 Å². The van der Waals surface area contributed by atoms with Gasteiger partial charge in [0.15, 0.2) is 0 Å². The van der Waals surface area contributed by atoms with E-state index in [9.17, 15) is 4.79 Å². The van der Waals surface area contributed by atoms with Crippen LogP contribution in [0.25, 0.3) is 0 Å². The molecule has 11 heavy (non-hydrogen) atoms. The number of allylic oxidation sites excluding steroid dienone is 1. The molecule has 0 spiro atoms. The van der Waals surface area contributed by atoms with Gasteiger partial charge in [-0.2, -0.15) is 0 Å². The summed E-state index contributed by atoms with van der Waals surface area (Å²) in [6, 6.07) is 0. The smallest absolute Gasteiger partial charge is 0.330 e.